The van der Waals surface area contributed by atoms with Gasteiger partial charge in [0.05, 0.1) is 10.7 Å². The molecule has 5 nitrogen and oxygen atoms in total. The van der Waals surface area contributed by atoms with Gasteiger partial charge in [-0.05, 0) is 37.1 Å². The molecule has 0 atom stereocenters. The zero-order chi connectivity index (χ0) is 17.1. The number of fused-ring (bicyclic) bond motifs is 1. The van der Waals surface area contributed by atoms with Crippen LogP contribution < -0.4 is 11.1 Å². The second-order valence-electron chi connectivity index (χ2n) is 5.42. The van der Waals surface area contributed by atoms with E-state index >= 15 is 0 Å². The molecule has 0 spiro atoms. The Bertz CT molecular complexity index is 876. The molecule has 124 valence electrons. The number of aryl methyl sites for hydroxylation is 1. The highest BCUT2D eigenvalue weighted by Crippen LogP contribution is 2.33. The van der Waals surface area contributed by atoms with Crippen molar-refractivity contribution in [2.75, 3.05) is 11.1 Å². The van der Waals surface area contributed by atoms with E-state index in [0.717, 1.165) is 35.2 Å². The van der Waals surface area contributed by atoms with E-state index in [4.69, 9.17) is 17.3 Å². The van der Waals surface area contributed by atoms with E-state index < -0.39 is 0 Å². The Balaban J connectivity index is 1.86. The Morgan fingerprint density at radius 3 is 2.88 bits per heavy atom. The van der Waals surface area contributed by atoms with Crippen molar-refractivity contribution in [1.82, 2.24) is 9.97 Å². The number of unbranched alkanes of at least 4 members (excludes halogenated alkanes) is 1. The van der Waals surface area contributed by atoms with Crippen LogP contribution in [0.3, 0.4) is 0 Å². The SMILES string of the molecule is CCCCc1ccc2c(N)c(C(=O)Nc3ccc(Cl)cn3)sc2n1. The van der Waals surface area contributed by atoms with Crippen LogP contribution >= 0.6 is 22.9 Å². The number of carbonyl (C=O) groups excluding carboxylic acids is 1. The number of nitrogens with one attached hydrogen (secondary N) is 1. The molecule has 0 fully saturated rings. The maximum atomic E-state index is 12.5. The molecule has 7 heteroatoms. The fourth-order valence-electron chi connectivity index (χ4n) is 2.32. The van der Waals surface area contributed by atoms with Gasteiger partial charge in [-0.3, -0.25) is 4.79 Å². The molecule has 0 saturated carbocycles. The third kappa shape index (κ3) is 3.49. The fraction of sp³-hybridized carbons (Fsp3) is 0.235. The van der Waals surface area contributed by atoms with Crippen molar-refractivity contribution >= 4 is 50.6 Å². The summed E-state index contributed by atoms with van der Waals surface area (Å²) < 4.78 is 0. The molecule has 0 aliphatic rings. The number of aromatic nitrogens is 2. The van der Waals surface area contributed by atoms with E-state index in [-0.39, 0.29) is 5.91 Å². The van der Waals surface area contributed by atoms with Crippen molar-refractivity contribution in [1.29, 1.82) is 0 Å². The lowest BCUT2D eigenvalue weighted by Gasteiger charge is -2.03. The highest BCUT2D eigenvalue weighted by atomic mass is 35.5. The number of amides is 1. The average molecular weight is 361 g/mol. The maximum absolute atomic E-state index is 12.5. The third-order valence-corrected chi connectivity index (χ3v) is 4.95. The minimum absolute atomic E-state index is 0.291. The molecule has 3 aromatic heterocycles. The van der Waals surface area contributed by atoms with Crippen molar-refractivity contribution in [3.05, 3.63) is 46.1 Å². The molecule has 3 rings (SSSR count). The summed E-state index contributed by atoms with van der Waals surface area (Å²) in [4.78, 5) is 22.4. The molecule has 0 aliphatic heterocycles. The normalized spacial score (nSPS) is 10.9. The molecule has 3 N–H and O–H groups in total. The van der Waals surface area contributed by atoms with Gasteiger partial charge in [-0.15, -0.1) is 11.3 Å². The second kappa shape index (κ2) is 7.15. The number of carbonyl (C=O) groups is 1. The lowest BCUT2D eigenvalue weighted by Crippen LogP contribution is -2.12. The smallest absolute Gasteiger partial charge is 0.269 e. The van der Waals surface area contributed by atoms with Gasteiger partial charge < -0.3 is 11.1 Å². The van der Waals surface area contributed by atoms with Gasteiger partial charge in [0.1, 0.15) is 15.5 Å². The van der Waals surface area contributed by atoms with Crippen molar-refractivity contribution in [3.8, 4) is 0 Å². The zero-order valence-electron chi connectivity index (χ0n) is 13.2. The summed E-state index contributed by atoms with van der Waals surface area (Å²) in [6.45, 7) is 2.15. The Morgan fingerprint density at radius 2 is 2.17 bits per heavy atom. The monoisotopic (exact) mass is 360 g/mol. The number of nitrogens with two attached hydrogens (primary N) is 1. The number of anilines is 2. The second-order valence-corrected chi connectivity index (χ2v) is 6.86. The van der Waals surface area contributed by atoms with Crippen LogP contribution in [-0.2, 0) is 6.42 Å². The van der Waals surface area contributed by atoms with Gasteiger partial charge in [-0.2, -0.15) is 0 Å². The summed E-state index contributed by atoms with van der Waals surface area (Å²) >= 11 is 7.09. The van der Waals surface area contributed by atoms with E-state index in [0.29, 0.717) is 21.4 Å². The number of thiophene rings is 1. The topological polar surface area (TPSA) is 80.9 Å². The molecule has 3 heterocycles. The molecule has 0 bridgehead atoms. The first-order chi connectivity index (χ1) is 11.6. The van der Waals surface area contributed by atoms with Crippen molar-refractivity contribution < 1.29 is 4.79 Å². The molecule has 0 unspecified atom stereocenters. The Morgan fingerprint density at radius 1 is 1.33 bits per heavy atom. The van der Waals surface area contributed by atoms with Gasteiger partial charge in [0.15, 0.2) is 0 Å². The van der Waals surface area contributed by atoms with Crippen LogP contribution in [0.25, 0.3) is 10.2 Å². The number of hydrogen-bond donors (Lipinski definition) is 2. The summed E-state index contributed by atoms with van der Waals surface area (Å²) in [7, 11) is 0. The average Bonchev–Trinajstić information content (AvgIpc) is 2.91. The molecule has 3 aromatic rings. The first-order valence-electron chi connectivity index (χ1n) is 7.69. The number of nitrogens with zero attached hydrogens (tertiary/aromatic N) is 2. The number of halogens is 1. The largest absolute Gasteiger partial charge is 0.397 e. The lowest BCUT2D eigenvalue weighted by atomic mass is 10.1. The van der Waals surface area contributed by atoms with Crippen LogP contribution in [-0.4, -0.2) is 15.9 Å². The third-order valence-electron chi connectivity index (χ3n) is 3.61. The molecule has 0 aromatic carbocycles. The van der Waals surface area contributed by atoms with E-state index in [2.05, 4.69) is 22.2 Å². The van der Waals surface area contributed by atoms with Crippen LogP contribution in [0.4, 0.5) is 11.5 Å². The zero-order valence-corrected chi connectivity index (χ0v) is 14.7. The van der Waals surface area contributed by atoms with Crippen LogP contribution in [0.15, 0.2) is 30.5 Å². The summed E-state index contributed by atoms with van der Waals surface area (Å²) in [6.07, 6.45) is 4.62. The Kier molecular flexibility index (Phi) is 4.97. The number of hydrogen-bond acceptors (Lipinski definition) is 5. The lowest BCUT2D eigenvalue weighted by molar-refractivity contribution is 0.103. The summed E-state index contributed by atoms with van der Waals surface area (Å²) in [5.74, 6) is 0.137. The molecule has 24 heavy (non-hydrogen) atoms. The standard InChI is InChI=1S/C17H17ClN4OS/c1-2-3-4-11-6-7-12-14(19)15(24-17(12)21-11)16(23)22-13-8-5-10(18)9-20-13/h5-9H,2-4,19H2,1H3,(H,20,22,23). The summed E-state index contributed by atoms with van der Waals surface area (Å²) in [5.41, 5.74) is 7.62. The van der Waals surface area contributed by atoms with E-state index in [1.807, 2.05) is 12.1 Å². The van der Waals surface area contributed by atoms with Crippen LogP contribution in [0.5, 0.6) is 0 Å². The number of nitrogen functional groups attached to an aromatic ring is 1. The Hall–Kier alpha value is -2.18. The van der Waals surface area contributed by atoms with Crippen molar-refractivity contribution in [3.63, 3.8) is 0 Å². The van der Waals surface area contributed by atoms with Gasteiger partial charge in [0, 0.05) is 17.3 Å². The highest BCUT2D eigenvalue weighted by molar-refractivity contribution is 7.21. The van der Waals surface area contributed by atoms with Crippen LogP contribution in [0.1, 0.15) is 35.1 Å². The molecule has 0 saturated heterocycles. The maximum Gasteiger partial charge on any atom is 0.269 e. The van der Waals surface area contributed by atoms with Crippen molar-refractivity contribution in [2.45, 2.75) is 26.2 Å². The predicted molar refractivity (Wildman–Crippen MR) is 99.8 cm³/mol. The number of rotatable bonds is 5. The van der Waals surface area contributed by atoms with Crippen molar-refractivity contribution in [2.24, 2.45) is 0 Å². The molecule has 0 aliphatic carbocycles. The number of pyridine rings is 2. The minimum Gasteiger partial charge on any atom is -0.397 e. The molecular formula is C17H17ClN4OS. The van der Waals surface area contributed by atoms with Gasteiger partial charge in [0.25, 0.3) is 5.91 Å². The Labute approximate surface area is 148 Å². The van der Waals surface area contributed by atoms with Crippen LogP contribution in [0.2, 0.25) is 5.02 Å². The summed E-state index contributed by atoms with van der Waals surface area (Å²) in [5, 5.41) is 4.06. The summed E-state index contributed by atoms with van der Waals surface area (Å²) in [6, 6.07) is 7.23. The van der Waals surface area contributed by atoms with Gasteiger partial charge in [0.2, 0.25) is 0 Å². The molecule has 0 radical (unpaired) electrons. The minimum atomic E-state index is -0.291. The highest BCUT2D eigenvalue weighted by Gasteiger charge is 2.18. The quantitative estimate of drug-likeness (QED) is 0.700. The van der Waals surface area contributed by atoms with Gasteiger partial charge in [-0.1, -0.05) is 24.9 Å². The fourth-order valence-corrected chi connectivity index (χ4v) is 3.44. The van der Waals surface area contributed by atoms with E-state index in [1.54, 1.807) is 12.1 Å². The first-order valence-corrected chi connectivity index (χ1v) is 8.88. The van der Waals surface area contributed by atoms with Gasteiger partial charge >= 0.3 is 0 Å². The molecular weight excluding hydrogens is 344 g/mol. The van der Waals surface area contributed by atoms with Gasteiger partial charge in [-0.25, -0.2) is 9.97 Å². The van der Waals surface area contributed by atoms with Crippen LogP contribution in [0, 0.1) is 0 Å². The van der Waals surface area contributed by atoms with E-state index in [9.17, 15) is 4.79 Å². The first kappa shape index (κ1) is 16.7. The van der Waals surface area contributed by atoms with E-state index in [1.165, 1.54) is 17.5 Å². The molecule has 1 amide bonds. The predicted octanol–water partition coefficient (Wildman–Crippen LogP) is 4.52.